The Morgan fingerprint density at radius 2 is 1.88 bits per heavy atom. The highest BCUT2D eigenvalue weighted by Gasteiger charge is 2.19. The largest absolute Gasteiger partial charge is 0.370 e. The molecule has 142 valence electrons. The lowest BCUT2D eigenvalue weighted by Gasteiger charge is -2.31. The summed E-state index contributed by atoms with van der Waals surface area (Å²) in [6.45, 7) is 9.19. The molecule has 5 heteroatoms. The number of carbonyl (C=O) groups is 1. The summed E-state index contributed by atoms with van der Waals surface area (Å²) < 4.78 is 2.14. The molecular formula is C20H36N4O. The summed E-state index contributed by atoms with van der Waals surface area (Å²) in [7, 11) is 0. The highest BCUT2D eigenvalue weighted by atomic mass is 16.1. The third-order valence-electron chi connectivity index (χ3n) is 5.37. The number of rotatable bonds is 11. The molecular weight excluding hydrogens is 312 g/mol. The molecule has 0 saturated carbocycles. The zero-order valence-corrected chi connectivity index (χ0v) is 16.1. The smallest absolute Gasteiger partial charge is 0.217 e. The van der Waals surface area contributed by atoms with Gasteiger partial charge in [-0.25, -0.2) is 0 Å². The van der Waals surface area contributed by atoms with Gasteiger partial charge in [0.1, 0.15) is 0 Å². The zero-order valence-electron chi connectivity index (χ0n) is 16.1. The van der Waals surface area contributed by atoms with E-state index in [-0.39, 0.29) is 5.91 Å². The fraction of sp³-hybridized carbons (Fsp3) is 0.800. The number of nitrogens with two attached hydrogens (primary N) is 1. The molecule has 1 amide bonds. The molecule has 25 heavy (non-hydrogen) atoms. The molecule has 1 aromatic rings. The number of amides is 1. The van der Waals surface area contributed by atoms with Gasteiger partial charge in [0.2, 0.25) is 5.91 Å². The van der Waals surface area contributed by atoms with Crippen LogP contribution in [0.1, 0.15) is 76.7 Å². The van der Waals surface area contributed by atoms with Crippen molar-refractivity contribution >= 4 is 5.91 Å². The number of hydrogen-bond donors (Lipinski definition) is 1. The minimum Gasteiger partial charge on any atom is -0.370 e. The Morgan fingerprint density at radius 1 is 1.20 bits per heavy atom. The molecule has 0 spiro atoms. The summed E-state index contributed by atoms with van der Waals surface area (Å²) in [5, 5.41) is 4.52. The van der Waals surface area contributed by atoms with Crippen LogP contribution < -0.4 is 5.73 Å². The highest BCUT2D eigenvalue weighted by molar-refractivity contribution is 5.73. The third-order valence-corrected chi connectivity index (χ3v) is 5.37. The molecule has 0 unspecified atom stereocenters. The monoisotopic (exact) mass is 348 g/mol. The normalized spacial score (nSPS) is 16.6. The number of nitrogens with zero attached hydrogens (tertiary/aromatic N) is 3. The molecule has 1 aliphatic rings. The first-order chi connectivity index (χ1) is 12.0. The maximum absolute atomic E-state index is 10.7. The minimum atomic E-state index is -0.168. The summed E-state index contributed by atoms with van der Waals surface area (Å²) >= 11 is 0. The summed E-state index contributed by atoms with van der Waals surface area (Å²) in [5.41, 5.74) is 6.49. The van der Waals surface area contributed by atoms with Gasteiger partial charge in [-0.2, -0.15) is 5.10 Å². The van der Waals surface area contributed by atoms with Crippen molar-refractivity contribution in [2.45, 2.75) is 77.7 Å². The lowest BCUT2D eigenvalue weighted by Crippen LogP contribution is -2.35. The molecule has 0 atom stereocenters. The first-order valence-electron chi connectivity index (χ1n) is 10.1. The number of carbonyl (C=O) groups excluding carboxylic acids is 1. The van der Waals surface area contributed by atoms with Gasteiger partial charge < -0.3 is 10.6 Å². The second-order valence-electron chi connectivity index (χ2n) is 7.92. The topological polar surface area (TPSA) is 64.2 Å². The van der Waals surface area contributed by atoms with E-state index in [0.29, 0.717) is 12.3 Å². The van der Waals surface area contributed by atoms with Crippen molar-refractivity contribution in [2.24, 2.45) is 11.7 Å². The second kappa shape index (κ2) is 10.6. The summed E-state index contributed by atoms with van der Waals surface area (Å²) in [6.07, 6.45) is 13.2. The van der Waals surface area contributed by atoms with Gasteiger partial charge in [0.25, 0.3) is 0 Å². The Bertz CT molecular complexity index is 504. The van der Waals surface area contributed by atoms with Gasteiger partial charge in [-0.05, 0) is 62.7 Å². The summed E-state index contributed by atoms with van der Waals surface area (Å²) in [6, 6.07) is 0. The SMILES string of the molecule is CC(C)c1cnn(CC2CCN(CCCCCCCC(N)=O)CC2)c1. The van der Waals surface area contributed by atoms with Crippen LogP contribution >= 0.6 is 0 Å². The Balaban J connectivity index is 1.53. The van der Waals surface area contributed by atoms with E-state index in [1.165, 1.54) is 57.3 Å². The van der Waals surface area contributed by atoms with Crippen molar-refractivity contribution in [2.75, 3.05) is 19.6 Å². The van der Waals surface area contributed by atoms with Crippen LogP contribution in [0.4, 0.5) is 0 Å². The lowest BCUT2D eigenvalue weighted by atomic mass is 9.96. The van der Waals surface area contributed by atoms with Crippen LogP contribution in [0.25, 0.3) is 0 Å². The number of aromatic nitrogens is 2. The number of primary amides is 1. The standard InChI is InChI=1S/C20H36N4O/c1-17(2)19-14-22-24(16-19)15-18-9-12-23(13-10-18)11-7-5-3-4-6-8-20(21)25/h14,16-18H,3-13,15H2,1-2H3,(H2,21,25). The van der Waals surface area contributed by atoms with Crippen LogP contribution in [0.3, 0.4) is 0 Å². The molecule has 2 rings (SSSR count). The van der Waals surface area contributed by atoms with Crippen molar-refractivity contribution in [3.05, 3.63) is 18.0 Å². The summed E-state index contributed by atoms with van der Waals surface area (Å²) in [5.74, 6) is 1.16. The maximum atomic E-state index is 10.7. The van der Waals surface area contributed by atoms with Crippen LogP contribution in [-0.2, 0) is 11.3 Å². The molecule has 0 aliphatic carbocycles. The van der Waals surface area contributed by atoms with Gasteiger partial charge in [-0.15, -0.1) is 0 Å². The first kappa shape index (κ1) is 20.0. The van der Waals surface area contributed by atoms with Gasteiger partial charge in [-0.1, -0.05) is 33.1 Å². The average Bonchev–Trinajstić information content (AvgIpc) is 3.04. The quantitative estimate of drug-likeness (QED) is 0.622. The van der Waals surface area contributed by atoms with Crippen LogP contribution in [0.2, 0.25) is 0 Å². The molecule has 2 heterocycles. The Labute approximate surface area is 152 Å². The van der Waals surface area contributed by atoms with Gasteiger partial charge in [0.15, 0.2) is 0 Å². The van der Waals surface area contributed by atoms with Crippen LogP contribution in [0.5, 0.6) is 0 Å². The fourth-order valence-electron chi connectivity index (χ4n) is 3.60. The van der Waals surface area contributed by atoms with E-state index >= 15 is 0 Å². The molecule has 0 radical (unpaired) electrons. The summed E-state index contributed by atoms with van der Waals surface area (Å²) in [4.78, 5) is 13.3. The van der Waals surface area contributed by atoms with Crippen LogP contribution in [0, 0.1) is 5.92 Å². The van der Waals surface area contributed by atoms with E-state index in [1.807, 2.05) is 6.20 Å². The number of piperidine rings is 1. The second-order valence-corrected chi connectivity index (χ2v) is 7.92. The molecule has 1 aliphatic heterocycles. The molecule has 0 bridgehead atoms. The Kier molecular flexibility index (Phi) is 8.45. The Hall–Kier alpha value is -1.36. The van der Waals surface area contributed by atoms with Crippen molar-refractivity contribution in [3.63, 3.8) is 0 Å². The first-order valence-corrected chi connectivity index (χ1v) is 10.1. The molecule has 5 nitrogen and oxygen atoms in total. The van der Waals surface area contributed by atoms with Gasteiger partial charge in [0, 0.05) is 19.2 Å². The van der Waals surface area contributed by atoms with Crippen LogP contribution in [0.15, 0.2) is 12.4 Å². The van der Waals surface area contributed by atoms with Crippen molar-refractivity contribution in [3.8, 4) is 0 Å². The minimum absolute atomic E-state index is 0.168. The molecule has 0 aromatic carbocycles. The predicted molar refractivity (Wildman–Crippen MR) is 102 cm³/mol. The van der Waals surface area contributed by atoms with Gasteiger partial charge >= 0.3 is 0 Å². The Morgan fingerprint density at radius 3 is 2.52 bits per heavy atom. The van der Waals surface area contributed by atoms with E-state index in [4.69, 9.17) is 5.73 Å². The van der Waals surface area contributed by atoms with Crippen molar-refractivity contribution < 1.29 is 4.79 Å². The number of hydrogen-bond acceptors (Lipinski definition) is 3. The maximum Gasteiger partial charge on any atom is 0.217 e. The molecule has 1 fully saturated rings. The van der Waals surface area contributed by atoms with E-state index in [9.17, 15) is 4.79 Å². The molecule has 2 N–H and O–H groups in total. The van der Waals surface area contributed by atoms with E-state index in [2.05, 4.69) is 34.7 Å². The highest BCUT2D eigenvalue weighted by Crippen LogP contribution is 2.21. The third kappa shape index (κ3) is 7.59. The lowest BCUT2D eigenvalue weighted by molar-refractivity contribution is -0.118. The van der Waals surface area contributed by atoms with E-state index in [1.54, 1.807) is 0 Å². The number of unbranched alkanes of at least 4 members (excludes halogenated alkanes) is 4. The number of likely N-dealkylation sites (tertiary alicyclic amines) is 1. The molecule has 1 aromatic heterocycles. The van der Waals surface area contributed by atoms with Crippen molar-refractivity contribution in [1.29, 1.82) is 0 Å². The predicted octanol–water partition coefficient (Wildman–Crippen LogP) is 3.54. The van der Waals surface area contributed by atoms with E-state index in [0.717, 1.165) is 25.3 Å². The van der Waals surface area contributed by atoms with E-state index < -0.39 is 0 Å². The van der Waals surface area contributed by atoms with Gasteiger partial charge in [0.05, 0.1) is 6.20 Å². The fourth-order valence-corrected chi connectivity index (χ4v) is 3.60. The van der Waals surface area contributed by atoms with Gasteiger partial charge in [-0.3, -0.25) is 9.48 Å². The molecule has 1 saturated heterocycles. The average molecular weight is 349 g/mol. The zero-order chi connectivity index (χ0) is 18.1. The van der Waals surface area contributed by atoms with Crippen LogP contribution in [-0.4, -0.2) is 40.2 Å². The van der Waals surface area contributed by atoms with Crippen molar-refractivity contribution in [1.82, 2.24) is 14.7 Å².